The van der Waals surface area contributed by atoms with Gasteiger partial charge >= 0.3 is 0 Å². The minimum Gasteiger partial charge on any atom is -0.358 e. The number of hydrogen-bond donors (Lipinski definition) is 6. The number of nitrogens with one attached hydrogen (secondary N) is 4. The van der Waals surface area contributed by atoms with Gasteiger partial charge < -0.3 is 11.1 Å². The van der Waals surface area contributed by atoms with Crippen LogP contribution in [0.2, 0.25) is 0 Å². The lowest BCUT2D eigenvalue weighted by atomic mass is 10.1. The summed E-state index contributed by atoms with van der Waals surface area (Å²) < 4.78 is 0. The van der Waals surface area contributed by atoms with Gasteiger partial charge in [-0.3, -0.25) is 20.9 Å². The Morgan fingerprint density at radius 3 is 2.53 bits per heavy atom. The average molecular weight is 246 g/mol. The molecule has 0 aromatic rings. The number of carbonyl (C=O) groups excluding carboxylic acids is 2. The quantitative estimate of drug-likeness (QED) is 0.149. The molecule has 0 aliphatic heterocycles. The molecule has 0 radical (unpaired) electrons. The predicted octanol–water partition coefficient (Wildman–Crippen LogP) is -2.69. The van der Waals surface area contributed by atoms with Crippen LogP contribution in [0.25, 0.3) is 0 Å². The number of carbonyl (C=O) groups is 2. The minimum atomic E-state index is -0.376. The van der Waals surface area contributed by atoms with Crippen molar-refractivity contribution in [3.63, 3.8) is 0 Å². The molecule has 0 aliphatic rings. The second-order valence-corrected chi connectivity index (χ2v) is 3.51. The van der Waals surface area contributed by atoms with Crippen LogP contribution in [0.5, 0.6) is 0 Å². The van der Waals surface area contributed by atoms with E-state index >= 15 is 0 Å². The molecule has 100 valence electrons. The number of nitrogens with two attached hydrogens (primary N) is 2. The molecule has 0 unspecified atom stereocenters. The third-order valence-corrected chi connectivity index (χ3v) is 2.22. The molecule has 17 heavy (non-hydrogen) atoms. The Morgan fingerprint density at radius 2 is 2.00 bits per heavy atom. The maximum atomic E-state index is 11.3. The lowest BCUT2D eigenvalue weighted by molar-refractivity contribution is -0.123. The van der Waals surface area contributed by atoms with Crippen molar-refractivity contribution in [1.29, 1.82) is 0 Å². The molecule has 0 bridgehead atoms. The zero-order valence-corrected chi connectivity index (χ0v) is 10.1. The van der Waals surface area contributed by atoms with Crippen molar-refractivity contribution in [3.05, 3.63) is 0 Å². The van der Waals surface area contributed by atoms with Crippen molar-refractivity contribution in [2.45, 2.75) is 25.3 Å². The molecular weight excluding hydrogens is 224 g/mol. The first-order valence-electron chi connectivity index (χ1n) is 5.55. The second kappa shape index (κ2) is 9.97. The monoisotopic (exact) mass is 246 g/mol. The fraction of sp³-hybridized carbons (Fsp3) is 0.778. The van der Waals surface area contributed by atoms with Gasteiger partial charge in [0.25, 0.3) is 0 Å². The van der Waals surface area contributed by atoms with E-state index in [0.29, 0.717) is 13.0 Å². The van der Waals surface area contributed by atoms with E-state index in [9.17, 15) is 9.59 Å². The van der Waals surface area contributed by atoms with Crippen LogP contribution in [0.4, 0.5) is 0 Å². The minimum absolute atomic E-state index is 0.0389. The molecule has 8 nitrogen and oxygen atoms in total. The molecule has 0 saturated carbocycles. The number of unbranched alkanes of at least 4 members (excludes halogenated alkanes) is 1. The molecule has 0 aromatic heterocycles. The fourth-order valence-electron chi connectivity index (χ4n) is 1.24. The Hall–Kier alpha value is -1.22. The normalized spacial score (nSPS) is 11.9. The van der Waals surface area contributed by atoms with Crippen LogP contribution in [0.1, 0.15) is 19.3 Å². The van der Waals surface area contributed by atoms with Gasteiger partial charge in [0, 0.05) is 13.6 Å². The summed E-state index contributed by atoms with van der Waals surface area (Å²) in [5.41, 5.74) is 12.7. The van der Waals surface area contributed by atoms with Gasteiger partial charge in [-0.05, 0) is 19.3 Å². The standard InChI is InChI=1S/C9H22N6O2/c1-12-9(17)7(14-11)4-2-3-5-13-15-8(16)6-10/h7,13-14H,2-6,10-11H2,1H3,(H,12,17)(H,15,16)/t7-/m0/s1. The van der Waals surface area contributed by atoms with E-state index in [4.69, 9.17) is 11.6 Å². The average Bonchev–Trinajstić information content (AvgIpc) is 2.36. The number of rotatable bonds is 9. The van der Waals surface area contributed by atoms with Crippen molar-refractivity contribution in [3.8, 4) is 0 Å². The van der Waals surface area contributed by atoms with Crippen LogP contribution < -0.4 is 33.2 Å². The molecular formula is C9H22N6O2. The summed E-state index contributed by atoms with van der Waals surface area (Å²) in [4.78, 5) is 22.0. The molecule has 0 heterocycles. The highest BCUT2D eigenvalue weighted by Crippen LogP contribution is 1.99. The largest absolute Gasteiger partial charge is 0.358 e. The van der Waals surface area contributed by atoms with E-state index in [1.54, 1.807) is 7.05 Å². The number of hydrogen-bond acceptors (Lipinski definition) is 6. The molecule has 0 rings (SSSR count). The topological polar surface area (TPSA) is 134 Å². The summed E-state index contributed by atoms with van der Waals surface area (Å²) in [6.45, 7) is 0.583. The maximum absolute atomic E-state index is 11.3. The maximum Gasteiger partial charge on any atom is 0.247 e. The van der Waals surface area contributed by atoms with E-state index in [0.717, 1.165) is 12.8 Å². The smallest absolute Gasteiger partial charge is 0.247 e. The highest BCUT2D eigenvalue weighted by Gasteiger charge is 2.13. The summed E-state index contributed by atoms with van der Waals surface area (Å²) in [6, 6.07) is -0.376. The Bertz CT molecular complexity index is 236. The van der Waals surface area contributed by atoms with E-state index in [-0.39, 0.29) is 24.4 Å². The van der Waals surface area contributed by atoms with E-state index in [1.807, 2.05) is 0 Å². The third-order valence-electron chi connectivity index (χ3n) is 2.22. The van der Waals surface area contributed by atoms with Gasteiger partial charge in [0.15, 0.2) is 0 Å². The van der Waals surface area contributed by atoms with E-state index in [2.05, 4.69) is 21.6 Å². The summed E-state index contributed by atoms with van der Waals surface area (Å²) in [7, 11) is 1.57. The lowest BCUT2D eigenvalue weighted by Crippen LogP contribution is -2.46. The highest BCUT2D eigenvalue weighted by molar-refractivity contribution is 5.81. The van der Waals surface area contributed by atoms with Crippen LogP contribution in [0.15, 0.2) is 0 Å². The summed E-state index contributed by atoms with van der Waals surface area (Å²) >= 11 is 0. The molecule has 8 N–H and O–H groups in total. The lowest BCUT2D eigenvalue weighted by Gasteiger charge is -2.13. The van der Waals surface area contributed by atoms with Crippen molar-refractivity contribution in [2.24, 2.45) is 11.6 Å². The fourth-order valence-corrected chi connectivity index (χ4v) is 1.24. The van der Waals surface area contributed by atoms with E-state index < -0.39 is 0 Å². The van der Waals surface area contributed by atoms with Crippen molar-refractivity contribution in [2.75, 3.05) is 20.1 Å². The van der Waals surface area contributed by atoms with Gasteiger partial charge in [-0.25, -0.2) is 10.9 Å². The first kappa shape index (κ1) is 15.8. The van der Waals surface area contributed by atoms with Gasteiger partial charge in [-0.1, -0.05) is 0 Å². The summed E-state index contributed by atoms with van der Waals surface area (Å²) in [6.07, 6.45) is 2.27. The van der Waals surface area contributed by atoms with Crippen molar-refractivity contribution in [1.82, 2.24) is 21.6 Å². The number of amides is 2. The van der Waals surface area contributed by atoms with Gasteiger partial charge in [0.1, 0.15) is 0 Å². The van der Waals surface area contributed by atoms with Crippen molar-refractivity contribution < 1.29 is 9.59 Å². The Kier molecular flexibility index (Phi) is 9.25. The molecule has 0 saturated heterocycles. The summed E-state index contributed by atoms with van der Waals surface area (Å²) in [5, 5.41) is 2.52. The van der Waals surface area contributed by atoms with E-state index in [1.165, 1.54) is 0 Å². The Labute approximate surface area is 101 Å². The van der Waals surface area contributed by atoms with Crippen LogP contribution in [-0.2, 0) is 9.59 Å². The van der Waals surface area contributed by atoms with Crippen LogP contribution in [0.3, 0.4) is 0 Å². The van der Waals surface area contributed by atoms with Gasteiger partial charge in [-0.15, -0.1) is 0 Å². The van der Waals surface area contributed by atoms with Crippen LogP contribution in [-0.4, -0.2) is 38.0 Å². The van der Waals surface area contributed by atoms with Crippen LogP contribution in [0, 0.1) is 0 Å². The predicted molar refractivity (Wildman–Crippen MR) is 64.2 cm³/mol. The number of hydrazine groups is 2. The van der Waals surface area contributed by atoms with Crippen LogP contribution >= 0.6 is 0 Å². The molecule has 2 amide bonds. The molecule has 0 aromatic carbocycles. The number of likely N-dealkylation sites (N-methyl/N-ethyl adjacent to an activating group) is 1. The first-order chi connectivity index (χ1) is 8.15. The zero-order chi connectivity index (χ0) is 13.1. The SMILES string of the molecule is CNC(=O)[C@H](CCCCNNC(=O)CN)NN. The molecule has 1 atom stereocenters. The highest BCUT2D eigenvalue weighted by atomic mass is 16.2. The second-order valence-electron chi connectivity index (χ2n) is 3.51. The van der Waals surface area contributed by atoms with Crippen molar-refractivity contribution >= 4 is 11.8 Å². The zero-order valence-electron chi connectivity index (χ0n) is 10.1. The Morgan fingerprint density at radius 1 is 1.29 bits per heavy atom. The summed E-state index contributed by atoms with van der Waals surface area (Å²) in [5.74, 6) is 4.87. The third kappa shape index (κ3) is 7.64. The molecule has 0 spiro atoms. The van der Waals surface area contributed by atoms with Gasteiger partial charge in [0.2, 0.25) is 11.8 Å². The Balaban J connectivity index is 3.49. The first-order valence-corrected chi connectivity index (χ1v) is 5.55. The molecule has 8 heteroatoms. The molecule has 0 aliphatic carbocycles. The van der Waals surface area contributed by atoms with Gasteiger partial charge in [-0.2, -0.15) is 0 Å². The van der Waals surface area contributed by atoms with Gasteiger partial charge in [0.05, 0.1) is 12.6 Å². The molecule has 0 fully saturated rings.